The van der Waals surface area contributed by atoms with E-state index in [-0.39, 0.29) is 42.6 Å². The highest BCUT2D eigenvalue weighted by molar-refractivity contribution is 5.90. The first-order valence-electron chi connectivity index (χ1n) is 7.78. The van der Waals surface area contributed by atoms with Crippen LogP contribution in [0.1, 0.15) is 25.7 Å². The van der Waals surface area contributed by atoms with Crippen molar-refractivity contribution in [1.82, 2.24) is 5.32 Å². The molecule has 1 atom stereocenters. The molecule has 1 aliphatic heterocycles. The molecule has 24 heavy (non-hydrogen) atoms. The van der Waals surface area contributed by atoms with Crippen molar-refractivity contribution in [3.63, 3.8) is 0 Å². The van der Waals surface area contributed by atoms with Crippen LogP contribution in [-0.2, 0) is 9.53 Å². The molecule has 1 fully saturated rings. The maximum absolute atomic E-state index is 14.0. The second kappa shape index (κ2) is 12.3. The Bertz CT molecular complexity index is 500. The zero-order chi connectivity index (χ0) is 15.8. The molecule has 1 saturated heterocycles. The van der Waals surface area contributed by atoms with Crippen LogP contribution in [0, 0.1) is 5.82 Å². The lowest BCUT2D eigenvalue weighted by Crippen LogP contribution is -2.19. The Balaban J connectivity index is 0.00000264. The van der Waals surface area contributed by atoms with Crippen LogP contribution in [0.2, 0.25) is 0 Å². The fraction of sp³-hybridized carbons (Fsp3) is 0.562. The molecule has 0 aliphatic carbocycles. The number of hydrogen-bond donors (Lipinski definition) is 3. The lowest BCUT2D eigenvalue weighted by molar-refractivity contribution is -0.116. The number of halogens is 3. The van der Waals surface area contributed by atoms with Gasteiger partial charge in [-0.2, -0.15) is 0 Å². The van der Waals surface area contributed by atoms with Gasteiger partial charge in [-0.25, -0.2) is 4.39 Å². The number of ether oxygens (including phenoxy) is 1. The minimum atomic E-state index is -0.369. The summed E-state index contributed by atoms with van der Waals surface area (Å²) < 4.78 is 19.5. The van der Waals surface area contributed by atoms with Gasteiger partial charge in [0.05, 0.1) is 11.8 Å². The molecule has 2 rings (SSSR count). The molecule has 5 nitrogen and oxygen atoms in total. The lowest BCUT2D eigenvalue weighted by atomic mass is 10.2. The van der Waals surface area contributed by atoms with Gasteiger partial charge in [0.25, 0.3) is 0 Å². The number of anilines is 2. The Morgan fingerprint density at radius 2 is 2.17 bits per heavy atom. The molecule has 1 unspecified atom stereocenters. The molecule has 1 aliphatic rings. The molecule has 1 aromatic carbocycles. The summed E-state index contributed by atoms with van der Waals surface area (Å²) in [6.07, 6.45) is 3.40. The van der Waals surface area contributed by atoms with E-state index in [1.807, 2.05) is 7.05 Å². The Kier molecular flexibility index (Phi) is 11.8. The van der Waals surface area contributed by atoms with Gasteiger partial charge in [-0.1, -0.05) is 0 Å². The maximum Gasteiger partial charge on any atom is 0.224 e. The van der Waals surface area contributed by atoms with Crippen LogP contribution in [0.15, 0.2) is 18.2 Å². The van der Waals surface area contributed by atoms with Crippen molar-refractivity contribution in [2.45, 2.75) is 31.8 Å². The van der Waals surface area contributed by atoms with Crippen molar-refractivity contribution in [3.05, 3.63) is 24.0 Å². The summed E-state index contributed by atoms with van der Waals surface area (Å²) >= 11 is 0. The minimum Gasteiger partial charge on any atom is -0.380 e. The van der Waals surface area contributed by atoms with E-state index in [1.54, 1.807) is 12.1 Å². The third kappa shape index (κ3) is 7.66. The molecule has 1 heterocycles. The van der Waals surface area contributed by atoms with E-state index in [4.69, 9.17) is 4.74 Å². The first-order valence-corrected chi connectivity index (χ1v) is 7.78. The molecule has 138 valence electrons. The zero-order valence-electron chi connectivity index (χ0n) is 13.8. The Labute approximate surface area is 154 Å². The standard InChI is InChI=1S/C16H24FN3O2.2ClH/c1-18-8-2-5-16(21)20-12-6-7-15(14(17)10-12)19-11-13-4-3-9-22-13;;/h6-7,10,13,18-19H,2-5,8-9,11H2,1H3,(H,20,21);2*1H. The van der Waals surface area contributed by atoms with Crippen molar-refractivity contribution in [2.24, 2.45) is 0 Å². The van der Waals surface area contributed by atoms with E-state index in [9.17, 15) is 9.18 Å². The monoisotopic (exact) mass is 381 g/mol. The smallest absolute Gasteiger partial charge is 0.224 e. The van der Waals surface area contributed by atoms with Gasteiger partial charge < -0.3 is 20.7 Å². The summed E-state index contributed by atoms with van der Waals surface area (Å²) in [6, 6.07) is 4.69. The van der Waals surface area contributed by atoms with Gasteiger partial charge in [-0.3, -0.25) is 4.79 Å². The Morgan fingerprint density at radius 1 is 1.38 bits per heavy atom. The van der Waals surface area contributed by atoms with Crippen LogP contribution in [-0.4, -0.2) is 38.8 Å². The molecule has 0 aromatic heterocycles. The van der Waals surface area contributed by atoms with Gasteiger partial charge in [0, 0.05) is 25.3 Å². The normalized spacial score (nSPS) is 16.0. The number of hydrogen-bond acceptors (Lipinski definition) is 4. The van der Waals surface area contributed by atoms with Gasteiger partial charge in [0.2, 0.25) is 5.91 Å². The Morgan fingerprint density at radius 3 is 2.79 bits per heavy atom. The van der Waals surface area contributed by atoms with Crippen LogP contribution in [0.5, 0.6) is 0 Å². The average Bonchev–Trinajstić information content (AvgIpc) is 3.00. The van der Waals surface area contributed by atoms with Crippen molar-refractivity contribution >= 4 is 42.1 Å². The van der Waals surface area contributed by atoms with E-state index in [1.165, 1.54) is 6.07 Å². The molecule has 0 radical (unpaired) electrons. The number of benzene rings is 1. The zero-order valence-corrected chi connectivity index (χ0v) is 15.4. The summed E-state index contributed by atoms with van der Waals surface area (Å²) in [4.78, 5) is 11.7. The molecular weight excluding hydrogens is 356 g/mol. The van der Waals surface area contributed by atoms with Gasteiger partial charge in [0.1, 0.15) is 5.82 Å². The summed E-state index contributed by atoms with van der Waals surface area (Å²) in [5, 5.41) is 8.75. The van der Waals surface area contributed by atoms with Crippen LogP contribution in [0.25, 0.3) is 0 Å². The first kappa shape index (κ1) is 22.9. The second-order valence-electron chi connectivity index (χ2n) is 5.47. The molecule has 3 N–H and O–H groups in total. The predicted molar refractivity (Wildman–Crippen MR) is 100 cm³/mol. The number of nitrogens with one attached hydrogen (secondary N) is 3. The number of carbonyl (C=O) groups is 1. The fourth-order valence-electron chi connectivity index (χ4n) is 2.41. The van der Waals surface area contributed by atoms with Gasteiger partial charge in [-0.15, -0.1) is 24.8 Å². The van der Waals surface area contributed by atoms with E-state index in [0.717, 1.165) is 32.4 Å². The second-order valence-corrected chi connectivity index (χ2v) is 5.47. The van der Waals surface area contributed by atoms with Crippen LogP contribution in [0.4, 0.5) is 15.8 Å². The molecule has 8 heteroatoms. The van der Waals surface area contributed by atoms with Crippen molar-refractivity contribution in [3.8, 4) is 0 Å². The van der Waals surface area contributed by atoms with E-state index >= 15 is 0 Å². The molecule has 0 saturated carbocycles. The quantitative estimate of drug-likeness (QED) is 0.605. The van der Waals surface area contributed by atoms with Gasteiger partial charge in [0.15, 0.2) is 0 Å². The summed E-state index contributed by atoms with van der Waals surface area (Å²) in [7, 11) is 1.84. The van der Waals surface area contributed by atoms with Crippen LogP contribution >= 0.6 is 24.8 Å². The minimum absolute atomic E-state index is 0. The van der Waals surface area contributed by atoms with Crippen LogP contribution < -0.4 is 16.0 Å². The lowest BCUT2D eigenvalue weighted by Gasteiger charge is -2.13. The summed E-state index contributed by atoms with van der Waals surface area (Å²) in [5.74, 6) is -0.472. The fourth-order valence-corrected chi connectivity index (χ4v) is 2.41. The maximum atomic E-state index is 14.0. The highest BCUT2D eigenvalue weighted by Crippen LogP contribution is 2.20. The van der Waals surface area contributed by atoms with Crippen LogP contribution in [0.3, 0.4) is 0 Å². The largest absolute Gasteiger partial charge is 0.380 e. The van der Waals surface area contributed by atoms with Crippen molar-refractivity contribution in [1.29, 1.82) is 0 Å². The summed E-state index contributed by atoms with van der Waals surface area (Å²) in [6.45, 7) is 2.17. The first-order chi connectivity index (χ1) is 10.7. The van der Waals surface area contributed by atoms with E-state index in [2.05, 4.69) is 16.0 Å². The molecule has 0 bridgehead atoms. The molecular formula is C16H26Cl2FN3O2. The molecule has 0 spiro atoms. The van der Waals surface area contributed by atoms with Crippen molar-refractivity contribution in [2.75, 3.05) is 37.4 Å². The van der Waals surface area contributed by atoms with Gasteiger partial charge in [-0.05, 0) is 51.1 Å². The average molecular weight is 382 g/mol. The third-order valence-electron chi connectivity index (χ3n) is 3.63. The topological polar surface area (TPSA) is 62.4 Å². The molecule has 1 amide bonds. The number of rotatable bonds is 8. The van der Waals surface area contributed by atoms with Crippen molar-refractivity contribution < 1.29 is 13.9 Å². The van der Waals surface area contributed by atoms with Gasteiger partial charge >= 0.3 is 0 Å². The number of amides is 1. The number of carbonyl (C=O) groups excluding carboxylic acids is 1. The SMILES string of the molecule is CNCCCC(=O)Nc1ccc(NCC2CCCO2)c(F)c1.Cl.Cl. The highest BCUT2D eigenvalue weighted by atomic mass is 35.5. The molecule has 1 aromatic rings. The Hall–Kier alpha value is -1.08. The predicted octanol–water partition coefficient (Wildman–Crippen LogP) is 3.20. The third-order valence-corrected chi connectivity index (χ3v) is 3.63. The van der Waals surface area contributed by atoms with E-state index in [0.29, 0.717) is 24.3 Å². The highest BCUT2D eigenvalue weighted by Gasteiger charge is 2.15. The van der Waals surface area contributed by atoms with E-state index < -0.39 is 0 Å². The summed E-state index contributed by atoms with van der Waals surface area (Å²) in [5.41, 5.74) is 0.915.